The van der Waals surface area contributed by atoms with Crippen molar-refractivity contribution in [3.63, 3.8) is 0 Å². The van der Waals surface area contributed by atoms with Crippen LogP contribution < -0.4 is 11.1 Å². The molecule has 2 fully saturated rings. The summed E-state index contributed by atoms with van der Waals surface area (Å²) in [6.45, 7) is 2.39. The van der Waals surface area contributed by atoms with Gasteiger partial charge in [-0.2, -0.15) is 4.98 Å². The molecule has 0 bridgehead atoms. The standard InChI is InChI=1S/C17H28N4O2.ClH/c1-12-19-16(21-23-12)17(9-4-2-3-5-10-17)20-15(22)14-8-6-7-13(14)11-18;/h13-14H,2-11,18H2,1H3,(H,20,22);1H/t13-,14-;/m1./s1. The van der Waals surface area contributed by atoms with E-state index in [4.69, 9.17) is 10.3 Å². The zero-order chi connectivity index (χ0) is 16.3. The third-order valence-corrected chi connectivity index (χ3v) is 5.57. The average molecular weight is 357 g/mol. The fourth-order valence-electron chi connectivity index (χ4n) is 4.22. The first-order valence-corrected chi connectivity index (χ1v) is 8.97. The molecule has 0 spiro atoms. The van der Waals surface area contributed by atoms with Gasteiger partial charge in [-0.15, -0.1) is 12.4 Å². The molecule has 24 heavy (non-hydrogen) atoms. The van der Waals surface area contributed by atoms with Gasteiger partial charge in [-0.3, -0.25) is 4.79 Å². The van der Waals surface area contributed by atoms with Gasteiger partial charge in [0.2, 0.25) is 11.8 Å². The Labute approximate surface area is 149 Å². The van der Waals surface area contributed by atoms with Gasteiger partial charge in [0.05, 0.1) is 0 Å². The fraction of sp³-hybridized carbons (Fsp3) is 0.824. The highest BCUT2D eigenvalue weighted by Crippen LogP contribution is 2.37. The molecule has 1 amide bonds. The van der Waals surface area contributed by atoms with E-state index >= 15 is 0 Å². The number of amides is 1. The number of hydrogen-bond donors (Lipinski definition) is 2. The van der Waals surface area contributed by atoms with Crippen molar-refractivity contribution >= 4 is 18.3 Å². The molecule has 0 unspecified atom stereocenters. The molecule has 0 saturated heterocycles. The van der Waals surface area contributed by atoms with E-state index in [1.165, 1.54) is 12.8 Å². The predicted octanol–water partition coefficient (Wildman–Crippen LogP) is 2.84. The molecule has 3 rings (SSSR count). The second kappa shape index (κ2) is 8.30. The van der Waals surface area contributed by atoms with Gasteiger partial charge < -0.3 is 15.6 Å². The Morgan fingerprint density at radius 1 is 1.25 bits per heavy atom. The Hall–Kier alpha value is -1.14. The Kier molecular flexibility index (Phi) is 6.63. The van der Waals surface area contributed by atoms with Crippen LogP contribution in [0.25, 0.3) is 0 Å². The number of aryl methyl sites for hydroxylation is 1. The lowest BCUT2D eigenvalue weighted by atomic mass is 9.87. The largest absolute Gasteiger partial charge is 0.343 e. The summed E-state index contributed by atoms with van der Waals surface area (Å²) in [5.74, 6) is 1.67. The van der Waals surface area contributed by atoms with E-state index in [1.54, 1.807) is 6.92 Å². The molecule has 1 aromatic heterocycles. The summed E-state index contributed by atoms with van der Waals surface area (Å²) in [6.07, 6.45) is 9.42. The number of nitrogens with zero attached hydrogens (tertiary/aromatic N) is 2. The third kappa shape index (κ3) is 3.91. The van der Waals surface area contributed by atoms with Crippen molar-refractivity contribution in [1.82, 2.24) is 15.5 Å². The van der Waals surface area contributed by atoms with Gasteiger partial charge >= 0.3 is 0 Å². The van der Waals surface area contributed by atoms with Crippen molar-refractivity contribution in [1.29, 1.82) is 0 Å². The number of rotatable bonds is 4. The van der Waals surface area contributed by atoms with Crippen LogP contribution in [0.15, 0.2) is 4.52 Å². The average Bonchev–Trinajstić information content (AvgIpc) is 3.13. The van der Waals surface area contributed by atoms with Gasteiger partial charge in [0.1, 0.15) is 5.54 Å². The van der Waals surface area contributed by atoms with E-state index in [9.17, 15) is 4.79 Å². The molecule has 6 nitrogen and oxygen atoms in total. The fourth-order valence-corrected chi connectivity index (χ4v) is 4.22. The zero-order valence-corrected chi connectivity index (χ0v) is 15.2. The molecule has 2 saturated carbocycles. The van der Waals surface area contributed by atoms with Crippen LogP contribution in [0, 0.1) is 18.8 Å². The number of halogens is 1. The lowest BCUT2D eigenvalue weighted by molar-refractivity contribution is -0.128. The summed E-state index contributed by atoms with van der Waals surface area (Å²) in [4.78, 5) is 17.4. The number of nitrogens with one attached hydrogen (secondary N) is 1. The van der Waals surface area contributed by atoms with Crippen LogP contribution in [0.4, 0.5) is 0 Å². The number of nitrogens with two attached hydrogens (primary N) is 1. The normalized spacial score (nSPS) is 26.4. The van der Waals surface area contributed by atoms with Crippen molar-refractivity contribution in [2.75, 3.05) is 6.54 Å². The van der Waals surface area contributed by atoms with Crippen LogP contribution in [0.5, 0.6) is 0 Å². The second-order valence-corrected chi connectivity index (χ2v) is 7.16. The maximum Gasteiger partial charge on any atom is 0.224 e. The van der Waals surface area contributed by atoms with Crippen molar-refractivity contribution in [2.24, 2.45) is 17.6 Å². The Balaban J connectivity index is 0.00000208. The van der Waals surface area contributed by atoms with E-state index in [2.05, 4.69) is 15.5 Å². The van der Waals surface area contributed by atoms with Gasteiger partial charge in [-0.25, -0.2) is 0 Å². The van der Waals surface area contributed by atoms with Crippen LogP contribution in [-0.4, -0.2) is 22.6 Å². The highest BCUT2D eigenvalue weighted by Gasteiger charge is 2.42. The van der Waals surface area contributed by atoms with Crippen LogP contribution >= 0.6 is 12.4 Å². The van der Waals surface area contributed by atoms with E-state index in [-0.39, 0.29) is 24.2 Å². The molecule has 0 aliphatic heterocycles. The van der Waals surface area contributed by atoms with Crippen LogP contribution in [0.3, 0.4) is 0 Å². The summed E-state index contributed by atoms with van der Waals surface area (Å²) >= 11 is 0. The van der Waals surface area contributed by atoms with Crippen LogP contribution in [-0.2, 0) is 10.3 Å². The number of aromatic nitrogens is 2. The molecule has 0 aromatic carbocycles. The first kappa shape index (κ1) is 19.2. The van der Waals surface area contributed by atoms with Crippen molar-refractivity contribution in [3.05, 3.63) is 11.7 Å². The predicted molar refractivity (Wildman–Crippen MR) is 93.7 cm³/mol. The quantitative estimate of drug-likeness (QED) is 0.809. The molecule has 1 aromatic rings. The topological polar surface area (TPSA) is 94.0 Å². The summed E-state index contributed by atoms with van der Waals surface area (Å²) in [6, 6.07) is 0. The molecule has 1 heterocycles. The summed E-state index contributed by atoms with van der Waals surface area (Å²) in [5, 5.41) is 7.48. The molecule has 2 atom stereocenters. The first-order valence-electron chi connectivity index (χ1n) is 8.97. The molecular formula is C17H29ClN4O2. The lowest BCUT2D eigenvalue weighted by Gasteiger charge is -2.32. The minimum absolute atomic E-state index is 0. The highest BCUT2D eigenvalue weighted by atomic mass is 35.5. The maximum atomic E-state index is 12.9. The number of carbonyl (C=O) groups excluding carboxylic acids is 1. The van der Waals surface area contributed by atoms with Gasteiger partial charge in [0, 0.05) is 12.8 Å². The first-order chi connectivity index (χ1) is 11.1. The van der Waals surface area contributed by atoms with Gasteiger partial charge in [0.25, 0.3) is 0 Å². The molecule has 0 radical (unpaired) electrons. The second-order valence-electron chi connectivity index (χ2n) is 7.16. The number of hydrogen-bond acceptors (Lipinski definition) is 5. The minimum atomic E-state index is -0.465. The zero-order valence-electron chi connectivity index (χ0n) is 14.4. The van der Waals surface area contributed by atoms with Gasteiger partial charge in [-0.05, 0) is 38.1 Å². The van der Waals surface area contributed by atoms with Crippen molar-refractivity contribution in [3.8, 4) is 0 Å². The van der Waals surface area contributed by atoms with E-state index < -0.39 is 5.54 Å². The molecular weight excluding hydrogens is 328 g/mol. The lowest BCUT2D eigenvalue weighted by Crippen LogP contribution is -2.49. The monoisotopic (exact) mass is 356 g/mol. The summed E-state index contributed by atoms with van der Waals surface area (Å²) in [7, 11) is 0. The Morgan fingerprint density at radius 2 is 1.96 bits per heavy atom. The molecule has 2 aliphatic carbocycles. The van der Waals surface area contributed by atoms with Gasteiger partial charge in [0.15, 0.2) is 5.82 Å². The van der Waals surface area contributed by atoms with Gasteiger partial charge in [-0.1, -0.05) is 37.3 Å². The summed E-state index contributed by atoms with van der Waals surface area (Å²) in [5.41, 5.74) is 5.38. The smallest absolute Gasteiger partial charge is 0.224 e. The van der Waals surface area contributed by atoms with E-state index in [1.807, 2.05) is 0 Å². The van der Waals surface area contributed by atoms with Crippen molar-refractivity contribution in [2.45, 2.75) is 70.3 Å². The Bertz CT molecular complexity index is 540. The molecule has 2 aliphatic rings. The van der Waals surface area contributed by atoms with E-state index in [0.29, 0.717) is 24.2 Å². The minimum Gasteiger partial charge on any atom is -0.343 e. The summed E-state index contributed by atoms with van der Waals surface area (Å²) < 4.78 is 5.20. The molecule has 3 N–H and O–H groups in total. The molecule has 136 valence electrons. The van der Waals surface area contributed by atoms with E-state index in [0.717, 1.165) is 44.9 Å². The maximum absolute atomic E-state index is 12.9. The van der Waals surface area contributed by atoms with Crippen LogP contribution in [0.1, 0.15) is 69.5 Å². The Morgan fingerprint density at radius 3 is 2.54 bits per heavy atom. The van der Waals surface area contributed by atoms with Crippen molar-refractivity contribution < 1.29 is 9.32 Å². The number of carbonyl (C=O) groups is 1. The van der Waals surface area contributed by atoms with Crippen LogP contribution in [0.2, 0.25) is 0 Å². The SMILES string of the molecule is Cc1nc(C2(NC(=O)[C@@H]3CCC[C@@H]3CN)CCCCCC2)no1.Cl. The third-order valence-electron chi connectivity index (χ3n) is 5.57. The molecule has 7 heteroatoms. The highest BCUT2D eigenvalue weighted by molar-refractivity contribution is 5.85.